The van der Waals surface area contributed by atoms with Crippen molar-refractivity contribution in [1.29, 1.82) is 0 Å². The fourth-order valence-corrected chi connectivity index (χ4v) is 0.393. The Balaban J connectivity index is 3.75. The number of rotatable bonds is 1. The van der Waals surface area contributed by atoms with E-state index in [-0.39, 0.29) is 0 Å². The van der Waals surface area contributed by atoms with Crippen LogP contribution in [0.4, 0.5) is 0 Å². The van der Waals surface area contributed by atoms with Crippen LogP contribution in [0.2, 0.25) is 0 Å². The van der Waals surface area contributed by atoms with Crippen molar-refractivity contribution in [3.05, 3.63) is 11.8 Å². The molecule has 9 heavy (non-hydrogen) atoms. The fraction of sp³-hybridized carbons (Fsp3) is 0.500. The average Bonchev–Trinajstić information content (AvgIpc) is 1.87. The third-order valence-electron chi connectivity index (χ3n) is 0.850. The molecule has 0 amide bonds. The molecule has 0 aromatic heterocycles. The minimum atomic E-state index is 0.394. The molecule has 0 saturated heterocycles. The van der Waals surface area contributed by atoms with Crippen LogP contribution >= 0.6 is 12.6 Å². The van der Waals surface area contributed by atoms with E-state index in [9.17, 15) is 0 Å². The molecule has 0 N–H and O–H groups in total. The van der Waals surface area contributed by atoms with E-state index in [1.165, 1.54) is 0 Å². The zero-order chi connectivity index (χ0) is 7.28. The van der Waals surface area contributed by atoms with E-state index < -0.39 is 0 Å². The molecule has 0 fully saturated rings. The Morgan fingerprint density at radius 2 is 2.22 bits per heavy atom. The van der Waals surface area contributed by atoms with Crippen molar-refractivity contribution < 1.29 is 4.74 Å². The minimum Gasteiger partial charge on any atom is -0.439 e. The van der Waals surface area contributed by atoms with Gasteiger partial charge in [0.1, 0.15) is 0 Å². The monoisotopic (exact) mass is 145 g/mol. The van der Waals surface area contributed by atoms with Gasteiger partial charge in [-0.05, 0) is 19.9 Å². The predicted octanol–water partition coefficient (Wildman–Crippen LogP) is 1.84. The number of thiol groups is 1. The van der Waals surface area contributed by atoms with Gasteiger partial charge in [0, 0.05) is 7.05 Å². The predicted molar refractivity (Wildman–Crippen MR) is 42.9 cm³/mol. The molecular formula is C6H11NOS. The molecule has 0 aromatic rings. The highest BCUT2D eigenvalue weighted by atomic mass is 32.1. The van der Waals surface area contributed by atoms with Crippen molar-refractivity contribution in [2.45, 2.75) is 13.8 Å². The molecule has 2 nitrogen and oxygen atoms in total. The van der Waals surface area contributed by atoms with E-state index in [1.54, 1.807) is 7.05 Å². The molecule has 3 heteroatoms. The number of ether oxygens (including phenoxy) is 1. The van der Waals surface area contributed by atoms with Crippen LogP contribution in [-0.2, 0) is 4.74 Å². The average molecular weight is 145 g/mol. The Hall–Kier alpha value is -0.440. The van der Waals surface area contributed by atoms with Crippen LogP contribution in [0, 0.1) is 0 Å². The van der Waals surface area contributed by atoms with Gasteiger partial charge >= 0.3 is 0 Å². The molecule has 0 aliphatic heterocycles. The highest BCUT2D eigenvalue weighted by Gasteiger charge is 1.89. The highest BCUT2D eigenvalue weighted by molar-refractivity contribution is 7.96. The van der Waals surface area contributed by atoms with Crippen molar-refractivity contribution in [3.63, 3.8) is 0 Å². The van der Waals surface area contributed by atoms with Gasteiger partial charge in [0.2, 0.25) is 5.23 Å². The van der Waals surface area contributed by atoms with Crippen molar-refractivity contribution in [1.82, 2.24) is 0 Å². The molecule has 0 aliphatic rings. The maximum atomic E-state index is 5.02. The van der Waals surface area contributed by atoms with E-state index in [1.807, 2.05) is 19.9 Å². The van der Waals surface area contributed by atoms with Crippen molar-refractivity contribution in [3.8, 4) is 0 Å². The van der Waals surface area contributed by atoms with Crippen molar-refractivity contribution in [2.75, 3.05) is 7.05 Å². The molecule has 0 bridgehead atoms. The normalized spacial score (nSPS) is 13.8. The summed E-state index contributed by atoms with van der Waals surface area (Å²) in [6.45, 7) is 3.74. The summed E-state index contributed by atoms with van der Waals surface area (Å²) < 4.78 is 5.02. The first-order valence-electron chi connectivity index (χ1n) is 2.67. The SMILES string of the molecule is C/C=C(/C)O/C(S)=N\C. The molecular weight excluding hydrogens is 134 g/mol. The van der Waals surface area contributed by atoms with Gasteiger partial charge in [0.05, 0.1) is 5.76 Å². The molecule has 52 valence electrons. The van der Waals surface area contributed by atoms with Gasteiger partial charge in [-0.15, -0.1) is 0 Å². The molecule has 0 atom stereocenters. The Labute approximate surface area is 61.0 Å². The lowest BCUT2D eigenvalue weighted by molar-refractivity contribution is 0.428. The summed E-state index contributed by atoms with van der Waals surface area (Å²) in [6, 6.07) is 0. The molecule has 0 radical (unpaired) electrons. The zero-order valence-electron chi connectivity index (χ0n) is 5.88. The number of aliphatic imine (C=N–C) groups is 1. The highest BCUT2D eigenvalue weighted by Crippen LogP contribution is 1.98. The van der Waals surface area contributed by atoms with E-state index in [0.29, 0.717) is 5.23 Å². The number of hydrogen-bond acceptors (Lipinski definition) is 2. The molecule has 0 spiro atoms. The summed E-state index contributed by atoms with van der Waals surface area (Å²) in [6.07, 6.45) is 1.85. The van der Waals surface area contributed by atoms with E-state index >= 15 is 0 Å². The number of allylic oxidation sites excluding steroid dienone is 2. The van der Waals surface area contributed by atoms with Crippen molar-refractivity contribution in [2.24, 2.45) is 4.99 Å². The van der Waals surface area contributed by atoms with E-state index in [4.69, 9.17) is 4.74 Å². The Bertz CT molecular complexity index is 124. The first-order valence-corrected chi connectivity index (χ1v) is 3.12. The van der Waals surface area contributed by atoms with Gasteiger partial charge < -0.3 is 4.74 Å². The molecule has 0 aliphatic carbocycles. The lowest BCUT2D eigenvalue weighted by Gasteiger charge is -2.00. The first kappa shape index (κ1) is 8.56. The largest absolute Gasteiger partial charge is 0.439 e. The number of nitrogens with zero attached hydrogens (tertiary/aromatic N) is 1. The third-order valence-corrected chi connectivity index (χ3v) is 1.14. The second kappa shape index (κ2) is 4.44. The maximum absolute atomic E-state index is 5.02. The molecule has 0 aromatic carbocycles. The lowest BCUT2D eigenvalue weighted by Crippen LogP contribution is -1.92. The van der Waals surface area contributed by atoms with Crippen molar-refractivity contribution >= 4 is 17.9 Å². The minimum absolute atomic E-state index is 0.394. The van der Waals surface area contributed by atoms with Crippen LogP contribution in [-0.4, -0.2) is 12.3 Å². The summed E-state index contributed by atoms with van der Waals surface area (Å²) in [5, 5.41) is 0.394. The molecule has 0 rings (SSSR count). The standard InChI is InChI=1S/C6H11NOS/c1-4-5(2)8-6(9)7-3/h4H,1-3H3,(H,7,9)/b5-4-. The first-order chi connectivity index (χ1) is 4.20. The topological polar surface area (TPSA) is 21.6 Å². The maximum Gasteiger partial charge on any atom is 0.247 e. The van der Waals surface area contributed by atoms with Crippen LogP contribution in [0.1, 0.15) is 13.8 Å². The smallest absolute Gasteiger partial charge is 0.247 e. The molecule has 0 unspecified atom stereocenters. The second-order valence-corrected chi connectivity index (χ2v) is 1.89. The van der Waals surface area contributed by atoms with Gasteiger partial charge in [-0.1, -0.05) is 12.6 Å². The van der Waals surface area contributed by atoms with E-state index in [0.717, 1.165) is 5.76 Å². The van der Waals surface area contributed by atoms with Gasteiger partial charge in [-0.2, -0.15) is 0 Å². The van der Waals surface area contributed by atoms with Crippen LogP contribution < -0.4 is 0 Å². The van der Waals surface area contributed by atoms with Crippen LogP contribution in [0.3, 0.4) is 0 Å². The zero-order valence-corrected chi connectivity index (χ0v) is 6.77. The van der Waals surface area contributed by atoms with Gasteiger partial charge in [0.15, 0.2) is 0 Å². The lowest BCUT2D eigenvalue weighted by atomic mass is 10.5. The Morgan fingerprint density at radius 3 is 2.56 bits per heavy atom. The summed E-state index contributed by atoms with van der Waals surface area (Å²) in [5.41, 5.74) is 0. The summed E-state index contributed by atoms with van der Waals surface area (Å²) in [4.78, 5) is 3.69. The van der Waals surface area contributed by atoms with Crippen LogP contribution in [0.15, 0.2) is 16.8 Å². The quantitative estimate of drug-likeness (QED) is 0.258. The van der Waals surface area contributed by atoms with Crippen LogP contribution in [0.5, 0.6) is 0 Å². The summed E-state index contributed by atoms with van der Waals surface area (Å²) in [5.74, 6) is 0.811. The molecule has 0 heterocycles. The number of hydrogen-bond donors (Lipinski definition) is 1. The van der Waals surface area contributed by atoms with Gasteiger partial charge in [-0.3, -0.25) is 0 Å². The summed E-state index contributed by atoms with van der Waals surface area (Å²) >= 11 is 3.91. The molecule has 0 saturated carbocycles. The Morgan fingerprint density at radius 1 is 1.67 bits per heavy atom. The third kappa shape index (κ3) is 4.09. The summed E-state index contributed by atoms with van der Waals surface area (Å²) in [7, 11) is 1.63. The van der Waals surface area contributed by atoms with Gasteiger partial charge in [0.25, 0.3) is 0 Å². The Kier molecular flexibility index (Phi) is 4.22. The van der Waals surface area contributed by atoms with Crippen LogP contribution in [0.25, 0.3) is 0 Å². The van der Waals surface area contributed by atoms with E-state index in [2.05, 4.69) is 17.6 Å². The second-order valence-electron chi connectivity index (χ2n) is 1.51. The van der Waals surface area contributed by atoms with Gasteiger partial charge in [-0.25, -0.2) is 4.99 Å². The fourth-order valence-electron chi connectivity index (χ4n) is 0.249.